The summed E-state index contributed by atoms with van der Waals surface area (Å²) < 4.78 is 5.16. The number of nitrogens with zero attached hydrogens (tertiary/aromatic N) is 1. The van der Waals surface area contributed by atoms with Crippen molar-refractivity contribution in [3.63, 3.8) is 0 Å². The highest BCUT2D eigenvalue weighted by Gasteiger charge is 2.42. The Morgan fingerprint density at radius 3 is 2.41 bits per heavy atom. The van der Waals surface area contributed by atoms with Gasteiger partial charge in [-0.1, -0.05) is 60.7 Å². The molecule has 0 amide bonds. The first kappa shape index (κ1) is 19.5. The van der Waals surface area contributed by atoms with E-state index in [1.54, 1.807) is 0 Å². The second kappa shape index (κ2) is 8.66. The van der Waals surface area contributed by atoms with Crippen molar-refractivity contribution in [3.05, 3.63) is 78.4 Å². The number of benzene rings is 3. The van der Waals surface area contributed by atoms with Crippen molar-refractivity contribution in [3.8, 4) is 0 Å². The molecule has 1 aliphatic rings. The minimum absolute atomic E-state index is 0.171. The summed E-state index contributed by atoms with van der Waals surface area (Å²) >= 11 is 0. The van der Waals surface area contributed by atoms with E-state index in [0.29, 0.717) is 0 Å². The Morgan fingerprint density at radius 2 is 1.66 bits per heavy atom. The third kappa shape index (κ3) is 4.28. The average Bonchev–Trinajstić information content (AvgIpc) is 2.78. The Morgan fingerprint density at radius 1 is 0.966 bits per heavy atom. The van der Waals surface area contributed by atoms with Crippen LogP contribution in [0, 0.1) is 0 Å². The SMILES string of the molecule is COC(=O)C1(Nc2ccccc2)CCN(CCc2cccc3ccccc23)CC1. The van der Waals surface area contributed by atoms with Gasteiger partial charge in [-0.3, -0.25) is 0 Å². The second-order valence-corrected chi connectivity index (χ2v) is 7.79. The molecule has 3 aromatic rings. The van der Waals surface area contributed by atoms with Crippen LogP contribution in [0.15, 0.2) is 72.8 Å². The van der Waals surface area contributed by atoms with Crippen LogP contribution in [0.5, 0.6) is 0 Å². The number of ether oxygens (including phenoxy) is 1. The number of hydrogen-bond acceptors (Lipinski definition) is 4. The molecule has 4 heteroatoms. The number of carbonyl (C=O) groups excluding carboxylic acids is 1. The smallest absolute Gasteiger partial charge is 0.331 e. The summed E-state index contributed by atoms with van der Waals surface area (Å²) in [6, 6.07) is 25.0. The molecule has 0 atom stereocenters. The van der Waals surface area contributed by atoms with Gasteiger partial charge in [-0.2, -0.15) is 0 Å². The minimum atomic E-state index is -0.647. The van der Waals surface area contributed by atoms with E-state index >= 15 is 0 Å². The van der Waals surface area contributed by atoms with Crippen LogP contribution < -0.4 is 5.32 Å². The fourth-order valence-corrected chi connectivity index (χ4v) is 4.32. The third-order valence-electron chi connectivity index (χ3n) is 6.02. The summed E-state index contributed by atoms with van der Waals surface area (Å²) in [5.74, 6) is -0.171. The van der Waals surface area contributed by atoms with Crippen LogP contribution in [-0.4, -0.2) is 43.2 Å². The molecule has 150 valence electrons. The maximum absolute atomic E-state index is 12.6. The maximum atomic E-state index is 12.6. The molecule has 1 aliphatic heterocycles. The predicted octanol–water partition coefficient (Wildman–Crippen LogP) is 4.50. The fraction of sp³-hybridized carbons (Fsp3) is 0.320. The highest BCUT2D eigenvalue weighted by atomic mass is 16.5. The molecule has 0 bridgehead atoms. The number of anilines is 1. The van der Waals surface area contributed by atoms with Crippen molar-refractivity contribution in [2.24, 2.45) is 0 Å². The largest absolute Gasteiger partial charge is 0.467 e. The summed E-state index contributed by atoms with van der Waals surface area (Å²) in [4.78, 5) is 15.1. The van der Waals surface area contributed by atoms with Gasteiger partial charge >= 0.3 is 5.97 Å². The quantitative estimate of drug-likeness (QED) is 0.631. The van der Waals surface area contributed by atoms with Crippen molar-refractivity contribution in [1.82, 2.24) is 4.90 Å². The van der Waals surface area contributed by atoms with Gasteiger partial charge in [0.1, 0.15) is 5.54 Å². The summed E-state index contributed by atoms with van der Waals surface area (Å²) in [6.07, 6.45) is 2.49. The molecule has 0 aromatic heterocycles. The van der Waals surface area contributed by atoms with Gasteiger partial charge < -0.3 is 15.0 Å². The van der Waals surface area contributed by atoms with Crippen LogP contribution >= 0.6 is 0 Å². The summed E-state index contributed by atoms with van der Waals surface area (Å²) in [5, 5.41) is 6.09. The van der Waals surface area contributed by atoms with Gasteiger partial charge in [-0.15, -0.1) is 0 Å². The first-order valence-electron chi connectivity index (χ1n) is 10.3. The first-order valence-corrected chi connectivity index (χ1v) is 10.3. The minimum Gasteiger partial charge on any atom is -0.467 e. The Balaban J connectivity index is 1.41. The van der Waals surface area contributed by atoms with E-state index in [1.807, 2.05) is 30.3 Å². The third-order valence-corrected chi connectivity index (χ3v) is 6.02. The van der Waals surface area contributed by atoms with Crippen LogP contribution in [-0.2, 0) is 16.0 Å². The standard InChI is InChI=1S/C25H28N2O2/c1-29-24(28)25(26-22-11-3-2-4-12-22)15-18-27(19-16-25)17-14-21-10-7-9-20-8-5-6-13-23(20)21/h2-13,26H,14-19H2,1H3. The number of fused-ring (bicyclic) bond motifs is 1. The molecule has 0 radical (unpaired) electrons. The first-order chi connectivity index (χ1) is 14.2. The number of esters is 1. The van der Waals surface area contributed by atoms with E-state index in [1.165, 1.54) is 23.4 Å². The van der Waals surface area contributed by atoms with E-state index in [9.17, 15) is 4.79 Å². The van der Waals surface area contributed by atoms with E-state index in [2.05, 4.69) is 52.7 Å². The molecule has 4 nitrogen and oxygen atoms in total. The predicted molar refractivity (Wildman–Crippen MR) is 118 cm³/mol. The molecular formula is C25H28N2O2. The molecular weight excluding hydrogens is 360 g/mol. The van der Waals surface area contributed by atoms with Gasteiger partial charge in [0, 0.05) is 25.3 Å². The van der Waals surface area contributed by atoms with Crippen molar-refractivity contribution >= 4 is 22.4 Å². The van der Waals surface area contributed by atoms with Gasteiger partial charge in [-0.25, -0.2) is 4.79 Å². The molecule has 3 aromatic carbocycles. The maximum Gasteiger partial charge on any atom is 0.331 e. The molecule has 1 N–H and O–H groups in total. The highest BCUT2D eigenvalue weighted by Crippen LogP contribution is 2.29. The van der Waals surface area contributed by atoms with Gasteiger partial charge in [0.2, 0.25) is 0 Å². The molecule has 0 saturated carbocycles. The number of carbonyl (C=O) groups is 1. The summed E-state index contributed by atoms with van der Waals surface area (Å²) in [7, 11) is 1.48. The number of hydrogen-bond donors (Lipinski definition) is 1. The van der Waals surface area contributed by atoms with Gasteiger partial charge in [0.25, 0.3) is 0 Å². The van der Waals surface area contributed by atoms with Crippen LogP contribution in [0.25, 0.3) is 10.8 Å². The highest BCUT2D eigenvalue weighted by molar-refractivity contribution is 5.86. The molecule has 1 saturated heterocycles. The van der Waals surface area contributed by atoms with Gasteiger partial charge in [0.15, 0.2) is 0 Å². The normalized spacial score (nSPS) is 16.4. The lowest BCUT2D eigenvalue weighted by Crippen LogP contribution is -2.55. The lowest BCUT2D eigenvalue weighted by molar-refractivity contribution is -0.147. The Labute approximate surface area is 172 Å². The van der Waals surface area contributed by atoms with Crippen LogP contribution in [0.1, 0.15) is 18.4 Å². The Kier molecular flexibility index (Phi) is 5.81. The zero-order valence-electron chi connectivity index (χ0n) is 16.9. The number of likely N-dealkylation sites (tertiary alicyclic amines) is 1. The number of methoxy groups -OCH3 is 1. The topological polar surface area (TPSA) is 41.6 Å². The lowest BCUT2D eigenvalue weighted by atomic mass is 9.86. The van der Waals surface area contributed by atoms with E-state index in [4.69, 9.17) is 4.74 Å². The van der Waals surface area contributed by atoms with E-state index < -0.39 is 5.54 Å². The molecule has 4 rings (SSSR count). The van der Waals surface area contributed by atoms with Gasteiger partial charge in [0.05, 0.1) is 7.11 Å². The Hall–Kier alpha value is -2.85. The molecule has 1 heterocycles. The van der Waals surface area contributed by atoms with Crippen molar-refractivity contribution in [2.45, 2.75) is 24.8 Å². The summed E-state index contributed by atoms with van der Waals surface area (Å²) in [5.41, 5.74) is 1.70. The summed E-state index contributed by atoms with van der Waals surface area (Å²) in [6.45, 7) is 2.75. The van der Waals surface area contributed by atoms with Crippen LogP contribution in [0.2, 0.25) is 0 Å². The number of piperidine rings is 1. The zero-order valence-corrected chi connectivity index (χ0v) is 16.9. The number of nitrogens with one attached hydrogen (secondary N) is 1. The lowest BCUT2D eigenvalue weighted by Gasteiger charge is -2.40. The van der Waals surface area contributed by atoms with Crippen molar-refractivity contribution in [1.29, 1.82) is 0 Å². The number of para-hydroxylation sites is 1. The number of rotatable bonds is 6. The molecule has 0 unspecified atom stereocenters. The second-order valence-electron chi connectivity index (χ2n) is 7.79. The van der Waals surface area contributed by atoms with Crippen LogP contribution in [0.4, 0.5) is 5.69 Å². The van der Waals surface area contributed by atoms with Crippen molar-refractivity contribution < 1.29 is 9.53 Å². The van der Waals surface area contributed by atoms with Crippen LogP contribution in [0.3, 0.4) is 0 Å². The monoisotopic (exact) mass is 388 g/mol. The molecule has 0 spiro atoms. The van der Waals surface area contributed by atoms with E-state index in [-0.39, 0.29) is 5.97 Å². The molecule has 29 heavy (non-hydrogen) atoms. The zero-order chi connectivity index (χ0) is 20.1. The fourth-order valence-electron chi connectivity index (χ4n) is 4.32. The molecule has 0 aliphatic carbocycles. The average molecular weight is 389 g/mol. The molecule has 1 fully saturated rings. The van der Waals surface area contributed by atoms with E-state index in [0.717, 1.165) is 44.6 Å². The van der Waals surface area contributed by atoms with Gasteiger partial charge in [-0.05, 0) is 47.7 Å². The Bertz CT molecular complexity index is 957. The van der Waals surface area contributed by atoms with Crippen molar-refractivity contribution in [2.75, 3.05) is 32.1 Å².